The summed E-state index contributed by atoms with van der Waals surface area (Å²) in [5.74, 6) is 0.239. The first-order valence-corrected chi connectivity index (χ1v) is 6.38. The molecule has 94 valence electrons. The van der Waals surface area contributed by atoms with Crippen LogP contribution in [0.15, 0.2) is 18.2 Å². The van der Waals surface area contributed by atoms with E-state index in [2.05, 4.69) is 9.97 Å². The Morgan fingerprint density at radius 2 is 2.28 bits per heavy atom. The third kappa shape index (κ3) is 1.45. The van der Waals surface area contributed by atoms with E-state index in [0.29, 0.717) is 0 Å². The molecule has 0 aliphatic heterocycles. The van der Waals surface area contributed by atoms with Crippen molar-refractivity contribution in [2.75, 3.05) is 0 Å². The summed E-state index contributed by atoms with van der Waals surface area (Å²) >= 11 is 0. The summed E-state index contributed by atoms with van der Waals surface area (Å²) in [6.07, 6.45) is 3.33. The second-order valence-corrected chi connectivity index (χ2v) is 5.01. The Balaban J connectivity index is 2.10. The topological polar surface area (TPSA) is 66.0 Å². The van der Waals surface area contributed by atoms with Crippen LogP contribution in [0.1, 0.15) is 37.6 Å². The molecule has 0 spiro atoms. The van der Waals surface area contributed by atoms with Crippen molar-refractivity contribution in [1.29, 1.82) is 0 Å². The van der Waals surface area contributed by atoms with E-state index in [0.717, 1.165) is 48.1 Å². The van der Waals surface area contributed by atoms with Gasteiger partial charge in [0.2, 0.25) is 0 Å². The van der Waals surface area contributed by atoms with Crippen molar-refractivity contribution in [2.45, 2.75) is 38.0 Å². The van der Waals surface area contributed by atoms with Crippen LogP contribution in [0.25, 0.3) is 11.0 Å². The number of nitrogens with one attached hydrogen (secondary N) is 1. The standard InChI is InChI=1S/C14H16N2O2/c1-2-12-15-10-5-4-9(8-11(10)16-12)14(13(17)18)6-3-7-14/h4-5,8H,2-3,6-7H2,1H3,(H,15,16)(H,17,18). The normalized spacial score (nSPS) is 17.6. The van der Waals surface area contributed by atoms with Crippen LogP contribution in [0.5, 0.6) is 0 Å². The molecule has 0 amide bonds. The van der Waals surface area contributed by atoms with E-state index in [1.54, 1.807) is 0 Å². The van der Waals surface area contributed by atoms with Crippen LogP contribution in [0.2, 0.25) is 0 Å². The van der Waals surface area contributed by atoms with Crippen LogP contribution < -0.4 is 0 Å². The Kier molecular flexibility index (Phi) is 2.40. The van der Waals surface area contributed by atoms with Gasteiger partial charge in [-0.2, -0.15) is 0 Å². The number of nitrogens with zero attached hydrogens (tertiary/aromatic N) is 1. The fraction of sp³-hybridized carbons (Fsp3) is 0.429. The molecule has 0 saturated heterocycles. The minimum absolute atomic E-state index is 0.661. The molecular weight excluding hydrogens is 228 g/mol. The smallest absolute Gasteiger partial charge is 0.314 e. The number of aliphatic carboxylic acids is 1. The fourth-order valence-electron chi connectivity index (χ4n) is 2.68. The third-order valence-corrected chi connectivity index (χ3v) is 4.03. The van der Waals surface area contributed by atoms with Gasteiger partial charge in [0.15, 0.2) is 0 Å². The molecule has 2 aromatic rings. The van der Waals surface area contributed by atoms with E-state index in [9.17, 15) is 9.90 Å². The summed E-state index contributed by atoms with van der Waals surface area (Å²) in [6, 6.07) is 5.79. The number of rotatable bonds is 3. The number of fused-ring (bicyclic) bond motifs is 1. The van der Waals surface area contributed by atoms with Crippen molar-refractivity contribution in [2.24, 2.45) is 0 Å². The van der Waals surface area contributed by atoms with Crippen LogP contribution >= 0.6 is 0 Å². The molecule has 1 aliphatic carbocycles. The van der Waals surface area contributed by atoms with E-state index in [1.165, 1.54) is 0 Å². The average Bonchev–Trinajstić information content (AvgIpc) is 2.69. The molecule has 1 aromatic heterocycles. The van der Waals surface area contributed by atoms with Crippen molar-refractivity contribution in [3.8, 4) is 0 Å². The van der Waals surface area contributed by atoms with Crippen LogP contribution in [0.3, 0.4) is 0 Å². The highest BCUT2D eigenvalue weighted by Gasteiger charge is 2.45. The van der Waals surface area contributed by atoms with Gasteiger partial charge in [-0.25, -0.2) is 4.98 Å². The van der Waals surface area contributed by atoms with Crippen LogP contribution in [0.4, 0.5) is 0 Å². The molecule has 4 heteroatoms. The first-order valence-electron chi connectivity index (χ1n) is 6.38. The van der Waals surface area contributed by atoms with Crippen molar-refractivity contribution >= 4 is 17.0 Å². The lowest BCUT2D eigenvalue weighted by atomic mass is 9.64. The zero-order valence-corrected chi connectivity index (χ0v) is 10.4. The molecule has 3 rings (SSSR count). The molecule has 4 nitrogen and oxygen atoms in total. The Morgan fingerprint density at radius 1 is 1.50 bits per heavy atom. The average molecular weight is 244 g/mol. The summed E-state index contributed by atoms with van der Waals surface area (Å²) in [5, 5.41) is 9.43. The molecule has 0 unspecified atom stereocenters. The van der Waals surface area contributed by atoms with Gasteiger partial charge in [-0.1, -0.05) is 19.4 Å². The number of aryl methyl sites for hydroxylation is 1. The minimum atomic E-state index is -0.705. The van der Waals surface area contributed by atoms with Crippen molar-refractivity contribution < 1.29 is 9.90 Å². The minimum Gasteiger partial charge on any atom is -0.481 e. The molecule has 1 aromatic carbocycles. The number of aromatic nitrogens is 2. The Bertz CT molecular complexity index is 611. The molecule has 1 heterocycles. The van der Waals surface area contributed by atoms with Crippen LogP contribution in [-0.2, 0) is 16.6 Å². The Morgan fingerprint density at radius 3 is 2.83 bits per heavy atom. The van der Waals surface area contributed by atoms with E-state index in [-0.39, 0.29) is 0 Å². The summed E-state index contributed by atoms with van der Waals surface area (Å²) in [7, 11) is 0. The molecule has 0 radical (unpaired) electrons. The van der Waals surface area contributed by atoms with Gasteiger partial charge in [0, 0.05) is 6.42 Å². The highest BCUT2D eigenvalue weighted by Crippen LogP contribution is 2.44. The van der Waals surface area contributed by atoms with Gasteiger partial charge in [0.05, 0.1) is 16.4 Å². The highest BCUT2D eigenvalue weighted by atomic mass is 16.4. The Hall–Kier alpha value is -1.84. The number of carbonyl (C=O) groups is 1. The fourth-order valence-corrected chi connectivity index (χ4v) is 2.68. The SMILES string of the molecule is CCc1nc2ccc(C3(C(=O)O)CCC3)cc2[nH]1. The van der Waals surface area contributed by atoms with E-state index in [4.69, 9.17) is 0 Å². The molecule has 2 N–H and O–H groups in total. The monoisotopic (exact) mass is 244 g/mol. The number of H-pyrrole nitrogens is 1. The molecular formula is C14H16N2O2. The number of carboxylic acids is 1. The number of aromatic amines is 1. The highest BCUT2D eigenvalue weighted by molar-refractivity contribution is 5.85. The first-order chi connectivity index (χ1) is 8.65. The summed E-state index contributed by atoms with van der Waals surface area (Å²) < 4.78 is 0. The lowest BCUT2D eigenvalue weighted by molar-refractivity contribution is -0.147. The molecule has 0 bridgehead atoms. The third-order valence-electron chi connectivity index (χ3n) is 4.03. The maximum absolute atomic E-state index is 11.5. The van der Waals surface area contributed by atoms with E-state index in [1.807, 2.05) is 25.1 Å². The maximum Gasteiger partial charge on any atom is 0.314 e. The number of hydrogen-bond acceptors (Lipinski definition) is 2. The Labute approximate surface area is 105 Å². The molecule has 18 heavy (non-hydrogen) atoms. The maximum atomic E-state index is 11.5. The number of carboxylic acid groups (broad SMARTS) is 1. The van der Waals surface area contributed by atoms with Crippen molar-refractivity contribution in [3.05, 3.63) is 29.6 Å². The lowest BCUT2D eigenvalue weighted by Gasteiger charge is -2.38. The molecule has 0 atom stereocenters. The van der Waals surface area contributed by atoms with Crippen molar-refractivity contribution in [3.63, 3.8) is 0 Å². The van der Waals surface area contributed by atoms with Gasteiger partial charge < -0.3 is 10.1 Å². The van der Waals surface area contributed by atoms with Gasteiger partial charge >= 0.3 is 5.97 Å². The molecule has 1 saturated carbocycles. The number of hydrogen-bond donors (Lipinski definition) is 2. The molecule has 1 fully saturated rings. The van der Waals surface area contributed by atoms with E-state index >= 15 is 0 Å². The van der Waals surface area contributed by atoms with Crippen LogP contribution in [-0.4, -0.2) is 21.0 Å². The largest absolute Gasteiger partial charge is 0.481 e. The van der Waals surface area contributed by atoms with E-state index < -0.39 is 11.4 Å². The van der Waals surface area contributed by atoms with Gasteiger partial charge in [-0.05, 0) is 30.5 Å². The predicted octanol–water partition coefficient (Wildman–Crippen LogP) is 2.63. The summed E-state index contributed by atoms with van der Waals surface area (Å²) in [6.45, 7) is 2.04. The zero-order valence-electron chi connectivity index (χ0n) is 10.4. The summed E-state index contributed by atoms with van der Waals surface area (Å²) in [4.78, 5) is 19.2. The second kappa shape index (κ2) is 3.83. The zero-order chi connectivity index (χ0) is 12.8. The number of imidazole rings is 1. The van der Waals surface area contributed by atoms with Gasteiger partial charge in [0.25, 0.3) is 0 Å². The quantitative estimate of drug-likeness (QED) is 0.872. The van der Waals surface area contributed by atoms with Gasteiger partial charge in [0.1, 0.15) is 5.82 Å². The number of benzene rings is 1. The van der Waals surface area contributed by atoms with Gasteiger partial charge in [-0.3, -0.25) is 4.79 Å². The predicted molar refractivity (Wildman–Crippen MR) is 68.6 cm³/mol. The second-order valence-electron chi connectivity index (χ2n) is 5.01. The van der Waals surface area contributed by atoms with Crippen LogP contribution in [0, 0.1) is 0 Å². The first kappa shape index (κ1) is 11.3. The summed E-state index contributed by atoms with van der Waals surface area (Å²) in [5.41, 5.74) is 2.10. The molecule has 1 aliphatic rings. The van der Waals surface area contributed by atoms with Gasteiger partial charge in [-0.15, -0.1) is 0 Å². The van der Waals surface area contributed by atoms with Crippen molar-refractivity contribution in [1.82, 2.24) is 9.97 Å². The lowest BCUT2D eigenvalue weighted by Crippen LogP contribution is -2.42.